The topological polar surface area (TPSA) is 93.5 Å². The third-order valence-electron chi connectivity index (χ3n) is 2.33. The van der Waals surface area contributed by atoms with E-state index in [0.29, 0.717) is 12.8 Å². The lowest BCUT2D eigenvalue weighted by Gasteiger charge is -2.32. The van der Waals surface area contributed by atoms with Gasteiger partial charge in [0.05, 0.1) is 12.1 Å². The molecule has 0 bridgehead atoms. The van der Waals surface area contributed by atoms with Gasteiger partial charge in [-0.05, 0) is 18.4 Å². The Morgan fingerprint density at radius 2 is 2.38 bits per heavy atom. The summed E-state index contributed by atoms with van der Waals surface area (Å²) in [5, 5.41) is 3.59. The summed E-state index contributed by atoms with van der Waals surface area (Å²) in [6.45, 7) is 1.55. The highest BCUT2D eigenvalue weighted by Gasteiger charge is 2.31. The monoisotopic (exact) mass is 229 g/mol. The Balaban J connectivity index is 2.45. The highest BCUT2D eigenvalue weighted by molar-refractivity contribution is 5.65. The first kappa shape index (κ1) is 12.8. The number of azide groups is 1. The minimum atomic E-state index is -0.565. The molecule has 1 aliphatic rings. The number of ether oxygens (including phenoxy) is 3. The lowest BCUT2D eigenvalue weighted by Crippen LogP contribution is -2.40. The molecule has 16 heavy (non-hydrogen) atoms. The van der Waals surface area contributed by atoms with Crippen LogP contribution in [-0.2, 0) is 19.0 Å². The van der Waals surface area contributed by atoms with Crippen molar-refractivity contribution in [1.29, 1.82) is 0 Å². The molecule has 0 spiro atoms. The Bertz CT molecular complexity index is 290. The maximum absolute atomic E-state index is 10.6. The van der Waals surface area contributed by atoms with Gasteiger partial charge in [0.2, 0.25) is 0 Å². The van der Waals surface area contributed by atoms with Crippen LogP contribution in [0.3, 0.4) is 0 Å². The van der Waals surface area contributed by atoms with Crippen LogP contribution in [0.5, 0.6) is 0 Å². The van der Waals surface area contributed by atoms with Crippen molar-refractivity contribution in [2.24, 2.45) is 5.11 Å². The van der Waals surface area contributed by atoms with Crippen LogP contribution in [0.1, 0.15) is 19.8 Å². The maximum Gasteiger partial charge on any atom is 0.302 e. The Kier molecular flexibility index (Phi) is 5.04. The largest absolute Gasteiger partial charge is 0.463 e. The summed E-state index contributed by atoms with van der Waals surface area (Å²) in [5.74, 6) is -0.338. The predicted octanol–water partition coefficient (Wildman–Crippen LogP) is 1.38. The molecule has 7 heteroatoms. The van der Waals surface area contributed by atoms with Crippen molar-refractivity contribution in [3.05, 3.63) is 10.4 Å². The number of nitrogens with zero attached hydrogens (tertiary/aromatic N) is 3. The second-order valence-corrected chi connectivity index (χ2v) is 3.51. The summed E-state index contributed by atoms with van der Waals surface area (Å²) in [5.41, 5.74) is 8.35. The van der Waals surface area contributed by atoms with Gasteiger partial charge in [0.25, 0.3) is 0 Å². The summed E-state index contributed by atoms with van der Waals surface area (Å²) in [6, 6.07) is -0.316. The van der Waals surface area contributed by atoms with Gasteiger partial charge in [-0.1, -0.05) is 5.11 Å². The zero-order valence-corrected chi connectivity index (χ0v) is 9.33. The van der Waals surface area contributed by atoms with Crippen LogP contribution < -0.4 is 0 Å². The second-order valence-electron chi connectivity index (χ2n) is 3.51. The van der Waals surface area contributed by atoms with Gasteiger partial charge in [-0.3, -0.25) is 4.79 Å². The van der Waals surface area contributed by atoms with E-state index in [4.69, 9.17) is 19.7 Å². The molecule has 7 nitrogen and oxygen atoms in total. The van der Waals surface area contributed by atoms with Crippen molar-refractivity contribution in [3.8, 4) is 0 Å². The summed E-state index contributed by atoms with van der Waals surface area (Å²) in [7, 11) is 1.48. The van der Waals surface area contributed by atoms with Crippen LogP contribution in [0.4, 0.5) is 0 Å². The molecular weight excluding hydrogens is 214 g/mol. The molecule has 0 aromatic rings. The van der Waals surface area contributed by atoms with Gasteiger partial charge < -0.3 is 14.2 Å². The van der Waals surface area contributed by atoms with Gasteiger partial charge in [-0.25, -0.2) is 0 Å². The zero-order valence-electron chi connectivity index (χ0n) is 9.33. The van der Waals surface area contributed by atoms with E-state index in [1.165, 1.54) is 14.0 Å². The molecule has 0 unspecified atom stereocenters. The molecule has 0 aromatic carbocycles. The van der Waals surface area contributed by atoms with E-state index in [9.17, 15) is 4.79 Å². The summed E-state index contributed by atoms with van der Waals surface area (Å²) in [6.07, 6.45) is 0.579. The number of rotatable bonds is 4. The van der Waals surface area contributed by atoms with Gasteiger partial charge in [-0.15, -0.1) is 0 Å². The summed E-state index contributed by atoms with van der Waals surface area (Å²) < 4.78 is 15.4. The van der Waals surface area contributed by atoms with E-state index in [1.54, 1.807) is 0 Å². The van der Waals surface area contributed by atoms with Gasteiger partial charge in [0, 0.05) is 18.9 Å². The van der Waals surface area contributed by atoms with E-state index in [0.717, 1.165) is 0 Å². The fourth-order valence-electron chi connectivity index (χ4n) is 1.57. The molecule has 1 heterocycles. The van der Waals surface area contributed by atoms with Crippen LogP contribution in [0.15, 0.2) is 5.11 Å². The lowest BCUT2D eigenvalue weighted by molar-refractivity contribution is -0.201. The molecule has 1 saturated heterocycles. The van der Waals surface area contributed by atoms with Crippen LogP contribution in [0, 0.1) is 0 Å². The molecule has 0 radical (unpaired) electrons. The molecule has 0 N–H and O–H groups in total. The Morgan fingerprint density at radius 3 is 2.94 bits per heavy atom. The average Bonchev–Trinajstić information content (AvgIpc) is 2.28. The van der Waals surface area contributed by atoms with E-state index >= 15 is 0 Å². The molecular formula is C9H15N3O4. The standard InChI is InChI=1S/C9H15N3O4/c1-6(13)15-5-7-3-4-8(11-12-10)9(14-2)16-7/h7-9H,3-5H2,1-2H3/t7-,8-,9+/m1/s1. The number of carbonyl (C=O) groups excluding carboxylic acids is 1. The number of carbonyl (C=O) groups is 1. The number of hydrogen-bond donors (Lipinski definition) is 0. The van der Waals surface area contributed by atoms with Gasteiger partial charge in [0.1, 0.15) is 6.61 Å². The van der Waals surface area contributed by atoms with Crippen LogP contribution in [0.25, 0.3) is 10.4 Å². The van der Waals surface area contributed by atoms with Crippen LogP contribution >= 0.6 is 0 Å². The maximum atomic E-state index is 10.6. The third-order valence-corrected chi connectivity index (χ3v) is 2.33. The van der Waals surface area contributed by atoms with Crippen molar-refractivity contribution in [3.63, 3.8) is 0 Å². The second kappa shape index (κ2) is 6.32. The summed E-state index contributed by atoms with van der Waals surface area (Å²) >= 11 is 0. The van der Waals surface area contributed by atoms with Crippen LogP contribution in [-0.4, -0.2) is 38.1 Å². The van der Waals surface area contributed by atoms with E-state index in [2.05, 4.69) is 10.0 Å². The molecule has 3 atom stereocenters. The van der Waals surface area contributed by atoms with Crippen molar-refractivity contribution >= 4 is 5.97 Å². The average molecular weight is 229 g/mol. The predicted molar refractivity (Wildman–Crippen MR) is 54.5 cm³/mol. The Morgan fingerprint density at radius 1 is 1.62 bits per heavy atom. The van der Waals surface area contributed by atoms with Gasteiger partial charge in [-0.2, -0.15) is 0 Å². The van der Waals surface area contributed by atoms with E-state index in [-0.39, 0.29) is 24.7 Å². The fraction of sp³-hybridized carbons (Fsp3) is 0.889. The number of esters is 1. The molecule has 0 saturated carbocycles. The number of methoxy groups -OCH3 is 1. The minimum absolute atomic E-state index is 0.195. The third kappa shape index (κ3) is 3.69. The first-order chi connectivity index (χ1) is 7.67. The molecule has 90 valence electrons. The van der Waals surface area contributed by atoms with Crippen molar-refractivity contribution in [2.45, 2.75) is 38.2 Å². The molecule has 0 aromatic heterocycles. The minimum Gasteiger partial charge on any atom is -0.463 e. The van der Waals surface area contributed by atoms with Gasteiger partial charge >= 0.3 is 5.97 Å². The Hall–Kier alpha value is -1.30. The van der Waals surface area contributed by atoms with Crippen molar-refractivity contribution in [2.75, 3.05) is 13.7 Å². The Labute approximate surface area is 93.3 Å². The lowest BCUT2D eigenvalue weighted by atomic mass is 10.0. The molecule has 1 rings (SSSR count). The fourth-order valence-corrected chi connectivity index (χ4v) is 1.57. The van der Waals surface area contributed by atoms with E-state index in [1.807, 2.05) is 0 Å². The number of hydrogen-bond acceptors (Lipinski definition) is 5. The summed E-state index contributed by atoms with van der Waals surface area (Å²) in [4.78, 5) is 13.4. The first-order valence-corrected chi connectivity index (χ1v) is 5.03. The molecule has 0 aliphatic carbocycles. The van der Waals surface area contributed by atoms with Crippen LogP contribution in [0.2, 0.25) is 0 Å². The van der Waals surface area contributed by atoms with Crippen molar-refractivity contribution in [1.82, 2.24) is 0 Å². The highest BCUT2D eigenvalue weighted by Crippen LogP contribution is 2.23. The quantitative estimate of drug-likeness (QED) is 0.315. The normalized spacial score (nSPS) is 29.2. The zero-order chi connectivity index (χ0) is 12.0. The SMILES string of the molecule is CO[C@H]1O[C@@H](COC(C)=O)CC[C@H]1N=[N+]=[N-]. The van der Waals surface area contributed by atoms with E-state index < -0.39 is 6.29 Å². The highest BCUT2D eigenvalue weighted by atomic mass is 16.7. The van der Waals surface area contributed by atoms with Gasteiger partial charge in [0.15, 0.2) is 6.29 Å². The smallest absolute Gasteiger partial charge is 0.302 e. The van der Waals surface area contributed by atoms with Crippen molar-refractivity contribution < 1.29 is 19.0 Å². The molecule has 0 amide bonds. The first-order valence-electron chi connectivity index (χ1n) is 5.03. The molecule has 1 fully saturated rings. The molecule has 1 aliphatic heterocycles.